The van der Waals surface area contributed by atoms with Crippen LogP contribution in [0.1, 0.15) is 16.7 Å². The van der Waals surface area contributed by atoms with Crippen LogP contribution in [0.25, 0.3) is 0 Å². The molecule has 1 heteroatoms. The highest BCUT2D eigenvalue weighted by Gasteiger charge is 1.97. The van der Waals surface area contributed by atoms with Crippen LogP contribution in [0.5, 0.6) is 0 Å². The van der Waals surface area contributed by atoms with Crippen LogP contribution >= 0.6 is 0 Å². The second kappa shape index (κ2) is 2.49. The standard InChI is InChI=1S/C9H12B/c1-6-4-5-9(10)8(3)7(6)2/h4-5,10H,1-3H3. The number of hydrogen-bond acceptors (Lipinski definition) is 0. The fourth-order valence-corrected chi connectivity index (χ4v) is 1.01. The van der Waals surface area contributed by atoms with E-state index in [1.807, 2.05) is 0 Å². The molecule has 0 atom stereocenters. The van der Waals surface area contributed by atoms with Crippen LogP contribution in [0.2, 0.25) is 0 Å². The summed E-state index contributed by atoms with van der Waals surface area (Å²) in [6.07, 6.45) is 0. The van der Waals surface area contributed by atoms with Gasteiger partial charge in [-0.2, -0.15) is 0 Å². The number of hydrogen-bond donors (Lipinski definition) is 0. The van der Waals surface area contributed by atoms with Crippen LogP contribution in [0.3, 0.4) is 0 Å². The van der Waals surface area contributed by atoms with E-state index in [0.29, 0.717) is 0 Å². The van der Waals surface area contributed by atoms with Crippen molar-refractivity contribution >= 4 is 13.3 Å². The van der Waals surface area contributed by atoms with E-state index in [1.165, 1.54) is 16.7 Å². The zero-order valence-corrected chi connectivity index (χ0v) is 6.86. The van der Waals surface area contributed by atoms with E-state index in [1.54, 1.807) is 0 Å². The maximum Gasteiger partial charge on any atom is 0.129 e. The Kier molecular flexibility index (Phi) is 1.84. The van der Waals surface area contributed by atoms with E-state index in [-0.39, 0.29) is 0 Å². The van der Waals surface area contributed by atoms with Crippen LogP contribution in [0, 0.1) is 20.8 Å². The highest BCUT2D eigenvalue weighted by atomic mass is 14.0. The summed E-state index contributed by atoms with van der Waals surface area (Å²) in [6, 6.07) is 4.18. The zero-order chi connectivity index (χ0) is 7.72. The second-order valence-electron chi connectivity index (χ2n) is 2.79. The van der Waals surface area contributed by atoms with Crippen molar-refractivity contribution in [2.24, 2.45) is 0 Å². The van der Waals surface area contributed by atoms with Crippen LogP contribution in [-0.4, -0.2) is 7.85 Å². The third-order valence-corrected chi connectivity index (χ3v) is 2.17. The van der Waals surface area contributed by atoms with E-state index >= 15 is 0 Å². The summed E-state index contributed by atoms with van der Waals surface area (Å²) in [4.78, 5) is 0. The van der Waals surface area contributed by atoms with Gasteiger partial charge in [0, 0.05) is 0 Å². The summed E-state index contributed by atoms with van der Waals surface area (Å²) < 4.78 is 0. The predicted octanol–water partition coefficient (Wildman–Crippen LogP) is 1.14. The highest BCUT2D eigenvalue weighted by Crippen LogP contribution is 2.07. The largest absolute Gasteiger partial charge is 0.129 e. The number of rotatable bonds is 0. The summed E-state index contributed by atoms with van der Waals surface area (Å²) in [5.74, 6) is 0. The molecule has 0 aliphatic rings. The maximum atomic E-state index is 3.92. The summed E-state index contributed by atoms with van der Waals surface area (Å²) in [5.41, 5.74) is 5.18. The molecular weight excluding hydrogens is 119 g/mol. The average Bonchev–Trinajstić information content (AvgIpc) is 1.93. The molecule has 0 saturated carbocycles. The second-order valence-corrected chi connectivity index (χ2v) is 2.79. The smallest absolute Gasteiger partial charge is 0.0894 e. The van der Waals surface area contributed by atoms with Crippen molar-refractivity contribution in [3.8, 4) is 0 Å². The summed E-state index contributed by atoms with van der Waals surface area (Å²) >= 11 is 0. The minimum atomic E-state index is 1.14. The fraction of sp³-hybridized carbons (Fsp3) is 0.333. The van der Waals surface area contributed by atoms with Crippen molar-refractivity contribution in [3.05, 3.63) is 28.8 Å². The first-order valence-corrected chi connectivity index (χ1v) is 3.51. The van der Waals surface area contributed by atoms with E-state index in [9.17, 15) is 0 Å². The molecule has 0 N–H and O–H groups in total. The van der Waals surface area contributed by atoms with Gasteiger partial charge in [-0.05, 0) is 31.9 Å². The summed E-state index contributed by atoms with van der Waals surface area (Å²) in [7, 11) is 3.92. The third kappa shape index (κ3) is 1.09. The number of benzene rings is 1. The Balaban J connectivity index is 3.34. The van der Waals surface area contributed by atoms with E-state index in [4.69, 9.17) is 0 Å². The first-order chi connectivity index (χ1) is 4.63. The summed E-state index contributed by atoms with van der Waals surface area (Å²) in [5, 5.41) is 0. The van der Waals surface area contributed by atoms with Crippen molar-refractivity contribution < 1.29 is 0 Å². The van der Waals surface area contributed by atoms with Crippen molar-refractivity contribution in [3.63, 3.8) is 0 Å². The maximum absolute atomic E-state index is 3.92. The Morgan fingerprint density at radius 3 is 2.10 bits per heavy atom. The Morgan fingerprint density at radius 1 is 1.00 bits per heavy atom. The molecule has 0 fully saturated rings. The first-order valence-electron chi connectivity index (χ1n) is 3.51. The lowest BCUT2D eigenvalue weighted by Gasteiger charge is -2.06. The predicted molar refractivity (Wildman–Crippen MR) is 47.4 cm³/mol. The molecule has 1 aromatic rings. The molecule has 0 saturated heterocycles. The minimum Gasteiger partial charge on any atom is -0.0894 e. The van der Waals surface area contributed by atoms with E-state index < -0.39 is 0 Å². The Bertz CT molecular complexity index is 224. The molecule has 1 rings (SSSR count). The SMILES string of the molecule is [BH]c1ccc(C)c(C)c1C. The molecule has 0 bridgehead atoms. The topological polar surface area (TPSA) is 0 Å². The van der Waals surface area contributed by atoms with Crippen LogP contribution in [-0.2, 0) is 0 Å². The Hall–Kier alpha value is -0.715. The molecule has 0 aromatic heterocycles. The van der Waals surface area contributed by atoms with Crippen molar-refractivity contribution in [2.45, 2.75) is 20.8 Å². The van der Waals surface area contributed by atoms with E-state index in [0.717, 1.165) is 5.46 Å². The average molecular weight is 131 g/mol. The molecule has 0 amide bonds. The van der Waals surface area contributed by atoms with Crippen molar-refractivity contribution in [1.82, 2.24) is 0 Å². The molecule has 51 valence electrons. The van der Waals surface area contributed by atoms with Gasteiger partial charge in [0.25, 0.3) is 0 Å². The van der Waals surface area contributed by atoms with Crippen LogP contribution in [0.15, 0.2) is 12.1 Å². The van der Waals surface area contributed by atoms with Gasteiger partial charge in [-0.25, -0.2) is 0 Å². The Morgan fingerprint density at radius 2 is 1.60 bits per heavy atom. The van der Waals surface area contributed by atoms with Gasteiger partial charge in [-0.3, -0.25) is 0 Å². The molecule has 0 aliphatic carbocycles. The minimum absolute atomic E-state index is 1.14. The lowest BCUT2D eigenvalue weighted by Crippen LogP contribution is -2.08. The molecule has 10 heavy (non-hydrogen) atoms. The first kappa shape index (κ1) is 7.39. The van der Waals surface area contributed by atoms with Gasteiger partial charge in [0.1, 0.15) is 7.85 Å². The van der Waals surface area contributed by atoms with Crippen molar-refractivity contribution in [2.75, 3.05) is 0 Å². The van der Waals surface area contributed by atoms with Gasteiger partial charge in [-0.1, -0.05) is 23.2 Å². The quantitative estimate of drug-likeness (QED) is 0.463. The lowest BCUT2D eigenvalue weighted by atomic mass is 9.87. The van der Waals surface area contributed by atoms with Gasteiger partial charge >= 0.3 is 0 Å². The lowest BCUT2D eigenvalue weighted by molar-refractivity contribution is 1.28. The molecule has 0 aliphatic heterocycles. The van der Waals surface area contributed by atoms with Gasteiger partial charge < -0.3 is 0 Å². The fourth-order valence-electron chi connectivity index (χ4n) is 1.01. The molecule has 0 unspecified atom stereocenters. The van der Waals surface area contributed by atoms with Gasteiger partial charge in [0.05, 0.1) is 0 Å². The monoisotopic (exact) mass is 131 g/mol. The normalized spacial score (nSPS) is 9.90. The highest BCUT2D eigenvalue weighted by molar-refractivity contribution is 6.33. The third-order valence-electron chi connectivity index (χ3n) is 2.17. The zero-order valence-electron chi connectivity index (χ0n) is 6.86. The Labute approximate surface area is 63.7 Å². The van der Waals surface area contributed by atoms with Gasteiger partial charge in [0.2, 0.25) is 0 Å². The van der Waals surface area contributed by atoms with Crippen molar-refractivity contribution in [1.29, 1.82) is 0 Å². The summed E-state index contributed by atoms with van der Waals surface area (Å²) in [6.45, 7) is 6.38. The molecule has 0 nitrogen and oxygen atoms in total. The molecule has 1 radical (unpaired) electrons. The van der Waals surface area contributed by atoms with Gasteiger partial charge in [0.15, 0.2) is 0 Å². The van der Waals surface area contributed by atoms with Crippen LogP contribution in [0.4, 0.5) is 0 Å². The number of aryl methyl sites for hydroxylation is 1. The molecule has 0 spiro atoms. The van der Waals surface area contributed by atoms with E-state index in [2.05, 4.69) is 40.8 Å². The molecular formula is C9H12B. The molecule has 0 heterocycles. The van der Waals surface area contributed by atoms with Gasteiger partial charge in [-0.15, -0.1) is 0 Å². The molecule has 1 aromatic carbocycles. The van der Waals surface area contributed by atoms with Crippen LogP contribution < -0.4 is 5.46 Å².